The predicted molar refractivity (Wildman–Crippen MR) is 118 cm³/mol. The van der Waals surface area contributed by atoms with Crippen LogP contribution >= 0.6 is 11.6 Å². The third-order valence-electron chi connectivity index (χ3n) is 5.00. The van der Waals surface area contributed by atoms with Crippen LogP contribution in [0, 0.1) is 0 Å². The molecule has 1 saturated heterocycles. The lowest BCUT2D eigenvalue weighted by molar-refractivity contribution is 0.0746. The summed E-state index contributed by atoms with van der Waals surface area (Å²) in [6, 6.07) is 19.8. The zero-order valence-corrected chi connectivity index (χ0v) is 17.0. The van der Waals surface area contributed by atoms with Gasteiger partial charge in [-0.25, -0.2) is 4.98 Å². The summed E-state index contributed by atoms with van der Waals surface area (Å²) in [6.45, 7) is 2.60. The summed E-state index contributed by atoms with van der Waals surface area (Å²) in [4.78, 5) is 33.3. The normalized spacial score (nSPS) is 13.8. The Morgan fingerprint density at radius 1 is 0.867 bits per heavy atom. The number of pyridine rings is 1. The minimum Gasteiger partial charge on any atom is -0.353 e. The largest absolute Gasteiger partial charge is 0.353 e. The molecule has 2 amide bonds. The standard InChI is InChI=1S/C23H21ClN4O2/c24-19-8-4-7-18(15-19)23(30)28-13-11-27(12-14-28)21-10-9-20(16-25-21)26-22(29)17-5-2-1-3-6-17/h1-10,15-16H,11-14H2,(H,26,29). The summed E-state index contributed by atoms with van der Waals surface area (Å²) >= 11 is 6.00. The number of rotatable bonds is 4. The second kappa shape index (κ2) is 8.97. The van der Waals surface area contributed by atoms with Gasteiger partial charge in [-0.05, 0) is 42.5 Å². The Bertz CT molecular complexity index is 1030. The number of halogens is 1. The van der Waals surface area contributed by atoms with Gasteiger partial charge >= 0.3 is 0 Å². The maximum Gasteiger partial charge on any atom is 0.255 e. The molecule has 0 spiro atoms. The molecule has 6 nitrogen and oxygen atoms in total. The van der Waals surface area contributed by atoms with Gasteiger partial charge in [-0.15, -0.1) is 0 Å². The minimum absolute atomic E-state index is 0.0101. The highest BCUT2D eigenvalue weighted by Crippen LogP contribution is 2.19. The van der Waals surface area contributed by atoms with E-state index in [1.807, 2.05) is 35.2 Å². The second-order valence-corrected chi connectivity index (χ2v) is 7.45. The third-order valence-corrected chi connectivity index (χ3v) is 5.24. The minimum atomic E-state index is -0.168. The molecule has 7 heteroatoms. The van der Waals surface area contributed by atoms with Crippen LogP contribution in [-0.2, 0) is 0 Å². The van der Waals surface area contributed by atoms with Crippen molar-refractivity contribution in [1.82, 2.24) is 9.88 Å². The highest BCUT2D eigenvalue weighted by molar-refractivity contribution is 6.30. The fraction of sp³-hybridized carbons (Fsp3) is 0.174. The zero-order valence-electron chi connectivity index (χ0n) is 16.3. The average Bonchev–Trinajstić information content (AvgIpc) is 2.80. The van der Waals surface area contributed by atoms with Crippen molar-refractivity contribution in [3.05, 3.63) is 89.1 Å². The molecule has 3 aromatic rings. The summed E-state index contributed by atoms with van der Waals surface area (Å²) in [7, 11) is 0. The molecule has 1 aliphatic rings. The number of hydrogen-bond donors (Lipinski definition) is 1. The molecule has 4 rings (SSSR count). The number of piperazine rings is 1. The zero-order chi connectivity index (χ0) is 20.9. The molecule has 2 aromatic carbocycles. The number of nitrogens with zero attached hydrogens (tertiary/aromatic N) is 3. The number of aromatic nitrogens is 1. The predicted octanol–water partition coefficient (Wildman–Crippen LogP) is 3.95. The van der Waals surface area contributed by atoms with E-state index >= 15 is 0 Å². The van der Waals surface area contributed by atoms with E-state index in [4.69, 9.17) is 11.6 Å². The number of amides is 2. The van der Waals surface area contributed by atoms with Gasteiger partial charge in [-0.1, -0.05) is 35.9 Å². The molecule has 152 valence electrons. The first-order valence-electron chi connectivity index (χ1n) is 9.72. The topological polar surface area (TPSA) is 65.5 Å². The smallest absolute Gasteiger partial charge is 0.255 e. The van der Waals surface area contributed by atoms with E-state index in [1.165, 1.54) is 0 Å². The van der Waals surface area contributed by atoms with Gasteiger partial charge in [0.2, 0.25) is 0 Å². The van der Waals surface area contributed by atoms with E-state index < -0.39 is 0 Å². The summed E-state index contributed by atoms with van der Waals surface area (Å²) in [5.41, 5.74) is 1.84. The van der Waals surface area contributed by atoms with Gasteiger partial charge in [-0.3, -0.25) is 9.59 Å². The van der Waals surface area contributed by atoms with Crippen LogP contribution < -0.4 is 10.2 Å². The van der Waals surface area contributed by atoms with Gasteiger partial charge in [0.1, 0.15) is 5.82 Å². The molecule has 1 N–H and O–H groups in total. The van der Waals surface area contributed by atoms with Crippen LogP contribution in [0.15, 0.2) is 72.9 Å². The molecule has 0 atom stereocenters. The van der Waals surface area contributed by atoms with Crippen LogP contribution in [0.4, 0.5) is 11.5 Å². The number of hydrogen-bond acceptors (Lipinski definition) is 4. The Morgan fingerprint density at radius 3 is 2.27 bits per heavy atom. The average molecular weight is 421 g/mol. The molecule has 2 heterocycles. The van der Waals surface area contributed by atoms with Crippen molar-refractivity contribution in [2.24, 2.45) is 0 Å². The monoisotopic (exact) mass is 420 g/mol. The molecule has 0 bridgehead atoms. The molecular formula is C23H21ClN4O2. The Balaban J connectivity index is 1.34. The van der Waals surface area contributed by atoms with Crippen molar-refractivity contribution in [2.45, 2.75) is 0 Å². The number of carbonyl (C=O) groups is 2. The number of nitrogens with one attached hydrogen (secondary N) is 1. The van der Waals surface area contributed by atoms with E-state index in [2.05, 4.69) is 15.2 Å². The number of benzene rings is 2. The molecular weight excluding hydrogens is 400 g/mol. The summed E-state index contributed by atoms with van der Waals surface area (Å²) < 4.78 is 0. The van der Waals surface area contributed by atoms with Crippen molar-refractivity contribution >= 4 is 34.9 Å². The molecule has 0 radical (unpaired) electrons. The lowest BCUT2D eigenvalue weighted by Gasteiger charge is -2.35. The fourth-order valence-electron chi connectivity index (χ4n) is 3.38. The highest BCUT2D eigenvalue weighted by atomic mass is 35.5. The molecule has 30 heavy (non-hydrogen) atoms. The van der Waals surface area contributed by atoms with Crippen LogP contribution in [0.2, 0.25) is 5.02 Å². The van der Waals surface area contributed by atoms with Crippen molar-refractivity contribution < 1.29 is 9.59 Å². The molecule has 1 aromatic heterocycles. The Labute approximate surface area is 180 Å². The highest BCUT2D eigenvalue weighted by Gasteiger charge is 2.23. The molecule has 1 fully saturated rings. The van der Waals surface area contributed by atoms with Crippen molar-refractivity contribution in [2.75, 3.05) is 36.4 Å². The van der Waals surface area contributed by atoms with E-state index in [0.29, 0.717) is 48.0 Å². The number of anilines is 2. The Morgan fingerprint density at radius 2 is 1.60 bits per heavy atom. The lowest BCUT2D eigenvalue weighted by Crippen LogP contribution is -2.49. The SMILES string of the molecule is O=C(Nc1ccc(N2CCN(C(=O)c3cccc(Cl)c3)CC2)nc1)c1ccccc1. The summed E-state index contributed by atoms with van der Waals surface area (Å²) in [5.74, 6) is 0.643. The lowest BCUT2D eigenvalue weighted by atomic mass is 10.2. The quantitative estimate of drug-likeness (QED) is 0.694. The molecule has 0 unspecified atom stereocenters. The first kappa shape index (κ1) is 19.9. The van der Waals surface area contributed by atoms with Crippen LogP contribution in [-0.4, -0.2) is 47.9 Å². The maximum absolute atomic E-state index is 12.7. The van der Waals surface area contributed by atoms with Crippen molar-refractivity contribution in [3.8, 4) is 0 Å². The van der Waals surface area contributed by atoms with Crippen LogP contribution in [0.3, 0.4) is 0 Å². The molecule has 1 aliphatic heterocycles. The third kappa shape index (κ3) is 4.60. The summed E-state index contributed by atoms with van der Waals surface area (Å²) in [6.07, 6.45) is 1.65. The number of carbonyl (C=O) groups excluding carboxylic acids is 2. The van der Waals surface area contributed by atoms with Crippen molar-refractivity contribution in [3.63, 3.8) is 0 Å². The Kier molecular flexibility index (Phi) is 5.95. The fourth-order valence-corrected chi connectivity index (χ4v) is 3.57. The first-order chi connectivity index (χ1) is 14.6. The van der Waals surface area contributed by atoms with Gasteiger partial charge in [0.05, 0.1) is 11.9 Å². The van der Waals surface area contributed by atoms with Crippen LogP contribution in [0.1, 0.15) is 20.7 Å². The molecule has 0 saturated carbocycles. The summed E-state index contributed by atoms with van der Waals surface area (Å²) in [5, 5.41) is 3.41. The van der Waals surface area contributed by atoms with Gasteiger partial charge in [0.15, 0.2) is 0 Å². The van der Waals surface area contributed by atoms with E-state index in [1.54, 1.807) is 42.6 Å². The van der Waals surface area contributed by atoms with Gasteiger partial charge in [-0.2, -0.15) is 0 Å². The Hall–Kier alpha value is -3.38. The van der Waals surface area contributed by atoms with E-state index in [9.17, 15) is 9.59 Å². The second-order valence-electron chi connectivity index (χ2n) is 7.01. The first-order valence-corrected chi connectivity index (χ1v) is 10.1. The van der Waals surface area contributed by atoms with Crippen LogP contribution in [0.5, 0.6) is 0 Å². The van der Waals surface area contributed by atoms with E-state index in [-0.39, 0.29) is 11.8 Å². The van der Waals surface area contributed by atoms with Gasteiger partial charge in [0, 0.05) is 42.3 Å². The van der Waals surface area contributed by atoms with Gasteiger partial charge < -0.3 is 15.1 Å². The molecule has 0 aliphatic carbocycles. The van der Waals surface area contributed by atoms with Crippen LogP contribution in [0.25, 0.3) is 0 Å². The maximum atomic E-state index is 12.7. The van der Waals surface area contributed by atoms with Gasteiger partial charge in [0.25, 0.3) is 11.8 Å². The van der Waals surface area contributed by atoms with Crippen molar-refractivity contribution in [1.29, 1.82) is 0 Å². The van der Waals surface area contributed by atoms with E-state index in [0.717, 1.165) is 5.82 Å².